The number of aryl methyl sites for hydroxylation is 1. The Morgan fingerprint density at radius 3 is 2.24 bits per heavy atom. The van der Waals surface area contributed by atoms with Crippen LogP contribution < -0.4 is 5.32 Å². The standard InChI is InChI=1S/C24H31NO8S/c1-17-10-12-19(13-11-17)34(29,30)33-21(22(27)31-16-18-8-6-5-7-9-18)20(26)14-15-25-23(28)32-24(2,3)4/h5-13,20-21,26H,14-16H2,1-4H3,(H,25,28)/t20-,21+/m1/s1. The van der Waals surface area contributed by atoms with Crippen LogP contribution in [0.3, 0.4) is 0 Å². The summed E-state index contributed by atoms with van der Waals surface area (Å²) in [6, 6.07) is 14.6. The number of aliphatic hydroxyl groups excluding tert-OH is 1. The van der Waals surface area contributed by atoms with Gasteiger partial charge in [-0.2, -0.15) is 8.42 Å². The fourth-order valence-electron chi connectivity index (χ4n) is 2.76. The Morgan fingerprint density at radius 1 is 1.03 bits per heavy atom. The number of carbonyl (C=O) groups is 2. The average molecular weight is 494 g/mol. The van der Waals surface area contributed by atoms with Crippen LogP contribution in [0.25, 0.3) is 0 Å². The summed E-state index contributed by atoms with van der Waals surface area (Å²) in [4.78, 5) is 24.4. The fourth-order valence-corrected chi connectivity index (χ4v) is 3.82. The van der Waals surface area contributed by atoms with E-state index in [1.54, 1.807) is 70.2 Å². The third kappa shape index (κ3) is 9.12. The minimum absolute atomic E-state index is 0.0908. The molecule has 10 heteroatoms. The third-order valence-electron chi connectivity index (χ3n) is 4.45. The highest BCUT2D eigenvalue weighted by Crippen LogP contribution is 2.19. The van der Waals surface area contributed by atoms with Gasteiger partial charge in [-0.15, -0.1) is 0 Å². The Balaban J connectivity index is 2.11. The summed E-state index contributed by atoms with van der Waals surface area (Å²) in [5.41, 5.74) is 0.806. The molecule has 2 aromatic rings. The molecule has 0 aliphatic rings. The number of carbonyl (C=O) groups excluding carboxylic acids is 2. The van der Waals surface area contributed by atoms with Crippen molar-refractivity contribution in [2.45, 2.75) is 63.4 Å². The highest BCUT2D eigenvalue weighted by atomic mass is 32.2. The molecule has 0 aliphatic heterocycles. The molecule has 0 bridgehead atoms. The van der Waals surface area contributed by atoms with Gasteiger partial charge < -0.3 is 19.9 Å². The minimum Gasteiger partial charge on any atom is -0.459 e. The van der Waals surface area contributed by atoms with Crippen molar-refractivity contribution in [3.63, 3.8) is 0 Å². The Bertz CT molecular complexity index is 1050. The van der Waals surface area contributed by atoms with Crippen LogP contribution in [-0.4, -0.2) is 49.9 Å². The zero-order chi connectivity index (χ0) is 25.4. The number of nitrogens with one attached hydrogen (secondary N) is 1. The maximum atomic E-state index is 12.7. The quantitative estimate of drug-likeness (QED) is 0.382. The monoisotopic (exact) mass is 493 g/mol. The van der Waals surface area contributed by atoms with Crippen molar-refractivity contribution in [3.05, 3.63) is 65.7 Å². The van der Waals surface area contributed by atoms with Crippen molar-refractivity contribution < 1.29 is 36.8 Å². The van der Waals surface area contributed by atoms with E-state index in [9.17, 15) is 23.1 Å². The molecule has 0 unspecified atom stereocenters. The van der Waals surface area contributed by atoms with E-state index in [1.165, 1.54) is 12.1 Å². The first-order chi connectivity index (χ1) is 15.9. The largest absolute Gasteiger partial charge is 0.459 e. The summed E-state index contributed by atoms with van der Waals surface area (Å²) in [5, 5.41) is 13.0. The van der Waals surface area contributed by atoms with E-state index in [-0.39, 0.29) is 24.5 Å². The first-order valence-corrected chi connectivity index (χ1v) is 12.1. The summed E-state index contributed by atoms with van der Waals surface area (Å²) in [5.74, 6) is -1.05. The first-order valence-electron chi connectivity index (χ1n) is 10.7. The van der Waals surface area contributed by atoms with Gasteiger partial charge in [0, 0.05) is 6.54 Å². The molecule has 2 N–H and O–H groups in total. The number of aliphatic hydroxyl groups is 1. The lowest BCUT2D eigenvalue weighted by molar-refractivity contribution is -0.158. The molecule has 0 aromatic heterocycles. The van der Waals surface area contributed by atoms with Crippen LogP contribution in [0.15, 0.2) is 59.5 Å². The Hall–Kier alpha value is -2.95. The number of hydrogen-bond donors (Lipinski definition) is 2. The molecule has 2 aromatic carbocycles. The molecule has 2 rings (SSSR count). The van der Waals surface area contributed by atoms with Crippen LogP contribution in [0.2, 0.25) is 0 Å². The van der Waals surface area contributed by atoms with Crippen molar-refractivity contribution in [3.8, 4) is 0 Å². The number of esters is 1. The average Bonchev–Trinajstić information content (AvgIpc) is 2.75. The SMILES string of the molecule is Cc1ccc(S(=O)(=O)O[C@H](C(=O)OCc2ccccc2)[C@H](O)CCNC(=O)OC(C)(C)C)cc1. The second-order valence-corrected chi connectivity index (χ2v) is 10.2. The second-order valence-electron chi connectivity index (χ2n) is 8.66. The van der Waals surface area contributed by atoms with Crippen molar-refractivity contribution in [2.75, 3.05) is 6.54 Å². The summed E-state index contributed by atoms with van der Waals surface area (Å²) >= 11 is 0. The molecule has 0 saturated heterocycles. The van der Waals surface area contributed by atoms with E-state index < -0.39 is 40.0 Å². The van der Waals surface area contributed by atoms with Crippen LogP contribution in [0, 0.1) is 6.92 Å². The summed E-state index contributed by atoms with van der Waals surface area (Å²) in [7, 11) is -4.39. The molecule has 9 nitrogen and oxygen atoms in total. The van der Waals surface area contributed by atoms with Crippen LogP contribution in [0.4, 0.5) is 4.79 Å². The van der Waals surface area contributed by atoms with Gasteiger partial charge in [0.1, 0.15) is 12.2 Å². The van der Waals surface area contributed by atoms with Crippen molar-refractivity contribution in [1.82, 2.24) is 5.32 Å². The zero-order valence-corrected chi connectivity index (χ0v) is 20.5. The molecular formula is C24H31NO8S. The maximum absolute atomic E-state index is 12.7. The van der Waals surface area contributed by atoms with Crippen LogP contribution >= 0.6 is 0 Å². The third-order valence-corrected chi connectivity index (χ3v) is 5.76. The molecule has 1 amide bonds. The van der Waals surface area contributed by atoms with Gasteiger partial charge in [0.2, 0.25) is 0 Å². The Morgan fingerprint density at radius 2 is 1.65 bits per heavy atom. The Kier molecular flexibility index (Phi) is 9.60. The van der Waals surface area contributed by atoms with Gasteiger partial charge in [0.25, 0.3) is 10.1 Å². The van der Waals surface area contributed by atoms with E-state index in [1.807, 2.05) is 0 Å². The van der Waals surface area contributed by atoms with Crippen LogP contribution in [0.1, 0.15) is 38.3 Å². The van der Waals surface area contributed by atoms with E-state index in [0.29, 0.717) is 5.56 Å². The molecule has 0 heterocycles. The minimum atomic E-state index is -4.39. The number of rotatable bonds is 10. The van der Waals surface area contributed by atoms with E-state index in [2.05, 4.69) is 5.32 Å². The van der Waals surface area contributed by atoms with Crippen LogP contribution in [0.5, 0.6) is 0 Å². The van der Waals surface area contributed by atoms with Gasteiger partial charge in [-0.1, -0.05) is 48.0 Å². The topological polar surface area (TPSA) is 128 Å². The predicted octanol–water partition coefficient (Wildman–Crippen LogP) is 3.09. The molecule has 186 valence electrons. The summed E-state index contributed by atoms with van der Waals surface area (Å²) in [6.07, 6.45) is -4.32. The molecule has 34 heavy (non-hydrogen) atoms. The van der Waals surface area contributed by atoms with Gasteiger partial charge in [-0.3, -0.25) is 0 Å². The second kappa shape index (κ2) is 12.0. The van der Waals surface area contributed by atoms with E-state index >= 15 is 0 Å². The first kappa shape index (κ1) is 27.3. The zero-order valence-electron chi connectivity index (χ0n) is 19.7. The normalized spacial score (nSPS) is 13.6. The van der Waals surface area contributed by atoms with Gasteiger partial charge >= 0.3 is 12.1 Å². The lowest BCUT2D eigenvalue weighted by Crippen LogP contribution is -2.42. The van der Waals surface area contributed by atoms with Crippen LogP contribution in [-0.2, 0) is 35.2 Å². The number of alkyl carbamates (subject to hydrolysis) is 1. The van der Waals surface area contributed by atoms with E-state index in [0.717, 1.165) is 5.56 Å². The van der Waals surface area contributed by atoms with Gasteiger partial charge in [0.05, 0.1) is 11.0 Å². The molecule has 0 spiro atoms. The summed E-state index contributed by atoms with van der Waals surface area (Å²) < 4.78 is 40.9. The molecule has 2 atom stereocenters. The summed E-state index contributed by atoms with van der Waals surface area (Å²) in [6.45, 7) is 6.67. The number of hydrogen-bond acceptors (Lipinski definition) is 8. The fraction of sp³-hybridized carbons (Fsp3) is 0.417. The van der Waals surface area contributed by atoms with Crippen molar-refractivity contribution >= 4 is 22.2 Å². The molecule has 0 radical (unpaired) electrons. The molecular weight excluding hydrogens is 462 g/mol. The molecule has 0 aliphatic carbocycles. The number of benzene rings is 2. The lowest BCUT2D eigenvalue weighted by Gasteiger charge is -2.23. The van der Waals surface area contributed by atoms with Gasteiger partial charge in [0.15, 0.2) is 6.10 Å². The predicted molar refractivity (Wildman–Crippen MR) is 124 cm³/mol. The molecule has 0 saturated carbocycles. The lowest BCUT2D eigenvalue weighted by atomic mass is 10.1. The van der Waals surface area contributed by atoms with Gasteiger partial charge in [-0.25, -0.2) is 13.8 Å². The maximum Gasteiger partial charge on any atom is 0.407 e. The smallest absolute Gasteiger partial charge is 0.407 e. The van der Waals surface area contributed by atoms with Crippen molar-refractivity contribution in [1.29, 1.82) is 0 Å². The Labute approximate surface area is 200 Å². The molecule has 0 fully saturated rings. The number of amides is 1. The van der Waals surface area contributed by atoms with Crippen molar-refractivity contribution in [2.24, 2.45) is 0 Å². The highest BCUT2D eigenvalue weighted by molar-refractivity contribution is 7.86. The van der Waals surface area contributed by atoms with E-state index in [4.69, 9.17) is 13.7 Å². The van der Waals surface area contributed by atoms with Gasteiger partial charge in [-0.05, 0) is 51.8 Å². The highest BCUT2D eigenvalue weighted by Gasteiger charge is 2.35. The number of ether oxygens (including phenoxy) is 2.